The fourth-order valence-electron chi connectivity index (χ4n) is 1.91. The summed E-state index contributed by atoms with van der Waals surface area (Å²) in [5.74, 6) is -0.367. The van der Waals surface area contributed by atoms with Crippen molar-refractivity contribution in [3.63, 3.8) is 0 Å². The quantitative estimate of drug-likeness (QED) is 0.812. The molecule has 0 atom stereocenters. The van der Waals surface area contributed by atoms with Gasteiger partial charge < -0.3 is 14.8 Å². The lowest BCUT2D eigenvalue weighted by Gasteiger charge is -2.22. The molecule has 2 heterocycles. The number of esters is 1. The highest BCUT2D eigenvalue weighted by atomic mass is 16.5. The van der Waals surface area contributed by atoms with Gasteiger partial charge in [-0.3, -0.25) is 4.98 Å². The first-order valence-electron chi connectivity index (χ1n) is 6.15. The second kappa shape index (κ2) is 6.47. The molecule has 5 nitrogen and oxygen atoms in total. The molecule has 1 aliphatic heterocycles. The predicted molar refractivity (Wildman–Crippen MR) is 66.3 cm³/mol. The van der Waals surface area contributed by atoms with E-state index in [1.54, 1.807) is 12.1 Å². The lowest BCUT2D eigenvalue weighted by molar-refractivity contribution is 0.0195. The van der Waals surface area contributed by atoms with Crippen LogP contribution < -0.4 is 5.32 Å². The zero-order valence-electron chi connectivity index (χ0n) is 10.5. The van der Waals surface area contributed by atoms with E-state index in [4.69, 9.17) is 4.74 Å². The number of aromatic nitrogens is 1. The second-order valence-electron chi connectivity index (χ2n) is 4.29. The lowest BCUT2D eigenvalue weighted by atomic mass is 10.1. The Hall–Kier alpha value is -1.46. The summed E-state index contributed by atoms with van der Waals surface area (Å²) in [5.41, 5.74) is 1.30. The molecule has 0 aromatic carbocycles. The maximum atomic E-state index is 11.2. The van der Waals surface area contributed by atoms with Gasteiger partial charge in [-0.15, -0.1) is 0 Å². The minimum absolute atomic E-state index is 0.313. The average molecular weight is 250 g/mol. The molecule has 98 valence electrons. The lowest BCUT2D eigenvalue weighted by Crippen LogP contribution is -2.32. The summed E-state index contributed by atoms with van der Waals surface area (Å²) in [5, 5.41) is 3.29. The third-order valence-corrected chi connectivity index (χ3v) is 3.00. The molecule has 1 N–H and O–H groups in total. The van der Waals surface area contributed by atoms with Gasteiger partial charge in [-0.05, 0) is 38.1 Å². The van der Waals surface area contributed by atoms with Gasteiger partial charge in [-0.2, -0.15) is 0 Å². The van der Waals surface area contributed by atoms with Gasteiger partial charge in [0.25, 0.3) is 0 Å². The van der Waals surface area contributed by atoms with E-state index in [-0.39, 0.29) is 5.97 Å². The number of nitrogens with one attached hydrogen (secondary N) is 1. The standard InChI is InChI=1S/C13H18N2O3/c1-17-13(16)10-2-3-11(15-8-10)9-18-12-4-6-14-7-5-12/h2-3,8,12,14H,4-7,9H2,1H3. The summed E-state index contributed by atoms with van der Waals surface area (Å²) < 4.78 is 10.4. The Morgan fingerprint density at radius 3 is 2.83 bits per heavy atom. The largest absolute Gasteiger partial charge is 0.465 e. The molecule has 0 saturated carbocycles. The van der Waals surface area contributed by atoms with Crippen molar-refractivity contribution < 1.29 is 14.3 Å². The highest BCUT2D eigenvalue weighted by Gasteiger charge is 2.13. The van der Waals surface area contributed by atoms with Crippen LogP contribution in [-0.4, -0.2) is 37.3 Å². The molecular formula is C13H18N2O3. The van der Waals surface area contributed by atoms with E-state index in [1.165, 1.54) is 13.3 Å². The van der Waals surface area contributed by atoms with Crippen LogP contribution in [0.25, 0.3) is 0 Å². The fourth-order valence-corrected chi connectivity index (χ4v) is 1.91. The molecule has 0 spiro atoms. The van der Waals surface area contributed by atoms with Gasteiger partial charge in [0.1, 0.15) is 0 Å². The maximum absolute atomic E-state index is 11.2. The van der Waals surface area contributed by atoms with Crippen LogP contribution in [0.3, 0.4) is 0 Å². The minimum Gasteiger partial charge on any atom is -0.465 e. The van der Waals surface area contributed by atoms with Gasteiger partial charge in [-0.1, -0.05) is 0 Å². The van der Waals surface area contributed by atoms with Gasteiger partial charge in [0.2, 0.25) is 0 Å². The van der Waals surface area contributed by atoms with E-state index >= 15 is 0 Å². The van der Waals surface area contributed by atoms with Crippen molar-refractivity contribution in [2.45, 2.75) is 25.6 Å². The van der Waals surface area contributed by atoms with Gasteiger partial charge in [-0.25, -0.2) is 4.79 Å². The van der Waals surface area contributed by atoms with Gasteiger partial charge in [0.05, 0.1) is 31.1 Å². The predicted octanol–water partition coefficient (Wildman–Crippen LogP) is 1.14. The summed E-state index contributed by atoms with van der Waals surface area (Å²) >= 11 is 0. The number of pyridine rings is 1. The summed E-state index contributed by atoms with van der Waals surface area (Å²) in [6.07, 6.45) is 3.92. The molecule has 2 rings (SSSR count). The summed E-state index contributed by atoms with van der Waals surface area (Å²) in [7, 11) is 1.36. The topological polar surface area (TPSA) is 60.5 Å². The van der Waals surface area contributed by atoms with Crippen LogP contribution in [0.15, 0.2) is 18.3 Å². The van der Waals surface area contributed by atoms with Crippen molar-refractivity contribution in [3.05, 3.63) is 29.6 Å². The van der Waals surface area contributed by atoms with E-state index in [0.717, 1.165) is 31.6 Å². The fraction of sp³-hybridized carbons (Fsp3) is 0.538. The summed E-state index contributed by atoms with van der Waals surface area (Å²) in [6, 6.07) is 3.51. The summed E-state index contributed by atoms with van der Waals surface area (Å²) in [6.45, 7) is 2.52. The molecule has 18 heavy (non-hydrogen) atoms. The van der Waals surface area contributed by atoms with Gasteiger partial charge in [0, 0.05) is 6.20 Å². The second-order valence-corrected chi connectivity index (χ2v) is 4.29. The number of piperidine rings is 1. The van der Waals surface area contributed by atoms with Crippen LogP contribution >= 0.6 is 0 Å². The Bertz CT molecular complexity index is 386. The number of methoxy groups -OCH3 is 1. The molecule has 0 bridgehead atoms. The van der Waals surface area contributed by atoms with Crippen LogP contribution in [0.2, 0.25) is 0 Å². The molecule has 0 unspecified atom stereocenters. The molecule has 1 saturated heterocycles. The van der Waals surface area contributed by atoms with E-state index in [1.807, 2.05) is 0 Å². The Morgan fingerprint density at radius 2 is 2.22 bits per heavy atom. The first kappa shape index (κ1) is 13.0. The van der Waals surface area contributed by atoms with Crippen molar-refractivity contribution in [1.82, 2.24) is 10.3 Å². The Morgan fingerprint density at radius 1 is 1.44 bits per heavy atom. The molecule has 0 radical (unpaired) electrons. The SMILES string of the molecule is COC(=O)c1ccc(COC2CCNCC2)nc1. The molecule has 0 aliphatic carbocycles. The van der Waals surface area contributed by atoms with Crippen LogP contribution in [-0.2, 0) is 16.1 Å². The Labute approximate surface area is 107 Å². The zero-order valence-corrected chi connectivity index (χ0v) is 10.5. The number of rotatable bonds is 4. The molecule has 1 aromatic heterocycles. The third kappa shape index (κ3) is 3.51. The molecule has 0 amide bonds. The highest BCUT2D eigenvalue weighted by Crippen LogP contribution is 2.10. The molecule has 1 aromatic rings. The first-order valence-corrected chi connectivity index (χ1v) is 6.15. The van der Waals surface area contributed by atoms with Gasteiger partial charge in [0.15, 0.2) is 0 Å². The van der Waals surface area contributed by atoms with Crippen molar-refractivity contribution in [2.24, 2.45) is 0 Å². The number of ether oxygens (including phenoxy) is 2. The molecule has 5 heteroatoms. The first-order chi connectivity index (χ1) is 8.79. The van der Waals surface area contributed by atoms with Crippen molar-refractivity contribution in [3.8, 4) is 0 Å². The third-order valence-electron chi connectivity index (χ3n) is 3.00. The van der Waals surface area contributed by atoms with Crippen molar-refractivity contribution in [2.75, 3.05) is 20.2 Å². The van der Waals surface area contributed by atoms with E-state index < -0.39 is 0 Å². The Kier molecular flexibility index (Phi) is 4.66. The van der Waals surface area contributed by atoms with E-state index in [9.17, 15) is 4.79 Å². The number of hydrogen-bond acceptors (Lipinski definition) is 5. The van der Waals surface area contributed by atoms with Crippen molar-refractivity contribution >= 4 is 5.97 Å². The van der Waals surface area contributed by atoms with Crippen LogP contribution in [0, 0.1) is 0 Å². The summed E-state index contributed by atoms with van der Waals surface area (Å²) in [4.78, 5) is 15.4. The zero-order chi connectivity index (χ0) is 12.8. The number of carbonyl (C=O) groups excluding carboxylic acids is 1. The van der Waals surface area contributed by atoms with Gasteiger partial charge >= 0.3 is 5.97 Å². The molecule has 1 fully saturated rings. The molecular weight excluding hydrogens is 232 g/mol. The monoisotopic (exact) mass is 250 g/mol. The van der Waals surface area contributed by atoms with E-state index in [2.05, 4.69) is 15.0 Å². The van der Waals surface area contributed by atoms with Crippen LogP contribution in [0.1, 0.15) is 28.9 Å². The highest BCUT2D eigenvalue weighted by molar-refractivity contribution is 5.88. The number of hydrogen-bond donors (Lipinski definition) is 1. The van der Waals surface area contributed by atoms with Crippen LogP contribution in [0.5, 0.6) is 0 Å². The number of carbonyl (C=O) groups is 1. The smallest absolute Gasteiger partial charge is 0.339 e. The normalized spacial score (nSPS) is 16.5. The average Bonchev–Trinajstić information content (AvgIpc) is 2.46. The van der Waals surface area contributed by atoms with Crippen LogP contribution in [0.4, 0.5) is 0 Å². The number of nitrogens with zero attached hydrogens (tertiary/aromatic N) is 1. The minimum atomic E-state index is -0.367. The van der Waals surface area contributed by atoms with Crippen molar-refractivity contribution in [1.29, 1.82) is 0 Å². The molecule has 1 aliphatic rings. The maximum Gasteiger partial charge on any atom is 0.339 e. The van der Waals surface area contributed by atoms with E-state index in [0.29, 0.717) is 18.3 Å². The Balaban J connectivity index is 1.84.